The van der Waals surface area contributed by atoms with Crippen LogP contribution in [0.3, 0.4) is 0 Å². The second-order valence-electron chi connectivity index (χ2n) is 6.20. The van der Waals surface area contributed by atoms with Crippen molar-refractivity contribution in [2.75, 3.05) is 20.8 Å². The number of benzene rings is 2. The Balaban J connectivity index is 1.67. The number of carbonyl (C=O) groups is 1. The molecule has 144 valence electrons. The van der Waals surface area contributed by atoms with Gasteiger partial charge >= 0.3 is 5.97 Å². The Kier molecular flexibility index (Phi) is 8.98. The molecule has 0 atom stereocenters. The SMILES string of the molecule is COC(=O)CCc1ccccc1OCCCC/C=C/c1ccc(OC)cc1. The van der Waals surface area contributed by atoms with E-state index in [-0.39, 0.29) is 5.97 Å². The predicted octanol–water partition coefficient (Wildman–Crippen LogP) is 5.06. The molecular weight excluding hydrogens is 340 g/mol. The molecule has 0 N–H and O–H groups in total. The van der Waals surface area contributed by atoms with E-state index in [1.165, 1.54) is 12.7 Å². The average molecular weight is 368 g/mol. The molecule has 0 unspecified atom stereocenters. The van der Waals surface area contributed by atoms with E-state index in [0.717, 1.165) is 36.3 Å². The molecule has 2 aromatic carbocycles. The van der Waals surface area contributed by atoms with Gasteiger partial charge in [-0.25, -0.2) is 0 Å². The largest absolute Gasteiger partial charge is 0.497 e. The van der Waals surface area contributed by atoms with Gasteiger partial charge in [0.2, 0.25) is 0 Å². The summed E-state index contributed by atoms with van der Waals surface area (Å²) in [6.07, 6.45) is 8.38. The zero-order valence-corrected chi connectivity index (χ0v) is 16.1. The summed E-state index contributed by atoms with van der Waals surface area (Å²) < 4.78 is 15.8. The monoisotopic (exact) mass is 368 g/mol. The van der Waals surface area contributed by atoms with Crippen LogP contribution in [0, 0.1) is 0 Å². The van der Waals surface area contributed by atoms with Crippen LogP contribution >= 0.6 is 0 Å². The summed E-state index contributed by atoms with van der Waals surface area (Å²) in [6.45, 7) is 0.672. The van der Waals surface area contributed by atoms with Gasteiger partial charge in [0.15, 0.2) is 0 Å². The maximum Gasteiger partial charge on any atom is 0.305 e. The summed E-state index contributed by atoms with van der Waals surface area (Å²) in [6, 6.07) is 15.9. The van der Waals surface area contributed by atoms with Gasteiger partial charge in [0, 0.05) is 6.42 Å². The number of para-hydroxylation sites is 1. The van der Waals surface area contributed by atoms with Crippen molar-refractivity contribution in [2.45, 2.75) is 32.1 Å². The lowest BCUT2D eigenvalue weighted by Crippen LogP contribution is -2.04. The quantitative estimate of drug-likeness (QED) is 0.411. The molecular formula is C23H28O4. The highest BCUT2D eigenvalue weighted by Crippen LogP contribution is 2.20. The highest BCUT2D eigenvalue weighted by atomic mass is 16.5. The summed E-state index contributed by atoms with van der Waals surface area (Å²) >= 11 is 0. The molecule has 0 aliphatic rings. The predicted molar refractivity (Wildman–Crippen MR) is 108 cm³/mol. The van der Waals surface area contributed by atoms with Crippen molar-refractivity contribution in [3.8, 4) is 11.5 Å². The molecule has 0 aromatic heterocycles. The molecule has 0 saturated heterocycles. The van der Waals surface area contributed by atoms with Crippen molar-refractivity contribution in [1.82, 2.24) is 0 Å². The number of aryl methyl sites for hydroxylation is 1. The second kappa shape index (κ2) is 11.8. The first kappa shape index (κ1) is 20.6. The van der Waals surface area contributed by atoms with Crippen LogP contribution in [0.15, 0.2) is 54.6 Å². The smallest absolute Gasteiger partial charge is 0.305 e. The minimum absolute atomic E-state index is 0.201. The van der Waals surface area contributed by atoms with Crippen LogP contribution in [-0.4, -0.2) is 26.8 Å². The fraction of sp³-hybridized carbons (Fsp3) is 0.348. The first-order valence-corrected chi connectivity index (χ1v) is 9.31. The van der Waals surface area contributed by atoms with Crippen molar-refractivity contribution < 1.29 is 19.0 Å². The molecule has 2 rings (SSSR count). The molecule has 4 nitrogen and oxygen atoms in total. The number of rotatable bonds is 11. The first-order valence-electron chi connectivity index (χ1n) is 9.31. The molecule has 0 radical (unpaired) electrons. The van der Waals surface area contributed by atoms with Gasteiger partial charge in [-0.05, 0) is 55.0 Å². The number of hydrogen-bond donors (Lipinski definition) is 0. The van der Waals surface area contributed by atoms with E-state index in [1.807, 2.05) is 48.5 Å². The topological polar surface area (TPSA) is 44.8 Å². The van der Waals surface area contributed by atoms with Gasteiger partial charge in [-0.15, -0.1) is 0 Å². The van der Waals surface area contributed by atoms with Crippen molar-refractivity contribution in [3.63, 3.8) is 0 Å². The average Bonchev–Trinajstić information content (AvgIpc) is 2.72. The Bertz CT molecular complexity index is 719. The van der Waals surface area contributed by atoms with Crippen LogP contribution in [0.25, 0.3) is 6.08 Å². The lowest BCUT2D eigenvalue weighted by atomic mass is 10.1. The summed E-state index contributed by atoms with van der Waals surface area (Å²) in [7, 11) is 3.08. The Morgan fingerprint density at radius 3 is 2.52 bits per heavy atom. The normalized spacial score (nSPS) is 10.7. The van der Waals surface area contributed by atoms with Gasteiger partial charge in [-0.1, -0.05) is 42.5 Å². The molecule has 2 aromatic rings. The van der Waals surface area contributed by atoms with Crippen molar-refractivity contribution in [1.29, 1.82) is 0 Å². The zero-order valence-electron chi connectivity index (χ0n) is 16.1. The number of esters is 1. The highest BCUT2D eigenvalue weighted by Gasteiger charge is 2.06. The summed E-state index contributed by atoms with van der Waals surface area (Å²) in [4.78, 5) is 11.3. The van der Waals surface area contributed by atoms with E-state index in [4.69, 9.17) is 14.2 Å². The van der Waals surface area contributed by atoms with Gasteiger partial charge in [0.25, 0.3) is 0 Å². The van der Waals surface area contributed by atoms with E-state index in [0.29, 0.717) is 19.4 Å². The maximum absolute atomic E-state index is 11.3. The van der Waals surface area contributed by atoms with Crippen LogP contribution in [0.1, 0.15) is 36.8 Å². The van der Waals surface area contributed by atoms with E-state index in [9.17, 15) is 4.79 Å². The van der Waals surface area contributed by atoms with Gasteiger partial charge < -0.3 is 14.2 Å². The minimum atomic E-state index is -0.201. The van der Waals surface area contributed by atoms with Crippen LogP contribution in [-0.2, 0) is 16.0 Å². The van der Waals surface area contributed by atoms with Crippen LogP contribution in [0.5, 0.6) is 11.5 Å². The third-order valence-electron chi connectivity index (χ3n) is 4.25. The molecule has 0 bridgehead atoms. The third kappa shape index (κ3) is 7.57. The lowest BCUT2D eigenvalue weighted by molar-refractivity contribution is -0.140. The van der Waals surface area contributed by atoms with Gasteiger partial charge in [-0.2, -0.15) is 0 Å². The van der Waals surface area contributed by atoms with E-state index < -0.39 is 0 Å². The molecule has 0 heterocycles. The standard InChI is InChI=1S/C23H28O4/c1-25-21-15-12-19(13-16-21)9-5-3-4-8-18-27-22-11-7-6-10-20(22)14-17-23(24)26-2/h5-7,9-13,15-16H,3-4,8,14,17-18H2,1-2H3/b9-5+. The first-order chi connectivity index (χ1) is 13.2. The maximum atomic E-state index is 11.3. The number of carbonyl (C=O) groups excluding carboxylic acids is 1. The molecule has 27 heavy (non-hydrogen) atoms. The van der Waals surface area contributed by atoms with Crippen molar-refractivity contribution in [2.24, 2.45) is 0 Å². The fourth-order valence-electron chi connectivity index (χ4n) is 2.67. The molecule has 0 fully saturated rings. The third-order valence-corrected chi connectivity index (χ3v) is 4.25. The summed E-state index contributed by atoms with van der Waals surface area (Å²) in [5.74, 6) is 1.53. The number of allylic oxidation sites excluding steroid dienone is 1. The Labute approximate surface area is 161 Å². The summed E-state index contributed by atoms with van der Waals surface area (Å²) in [5.41, 5.74) is 2.22. The Morgan fingerprint density at radius 1 is 1.00 bits per heavy atom. The number of methoxy groups -OCH3 is 2. The van der Waals surface area contributed by atoms with Gasteiger partial charge in [-0.3, -0.25) is 4.79 Å². The van der Waals surface area contributed by atoms with Gasteiger partial charge in [0.05, 0.1) is 20.8 Å². The minimum Gasteiger partial charge on any atom is -0.497 e. The van der Waals surface area contributed by atoms with Crippen LogP contribution in [0.4, 0.5) is 0 Å². The molecule has 0 spiro atoms. The summed E-state index contributed by atoms with van der Waals surface area (Å²) in [5, 5.41) is 0. The van der Waals surface area contributed by atoms with E-state index in [1.54, 1.807) is 7.11 Å². The number of hydrogen-bond acceptors (Lipinski definition) is 4. The highest BCUT2D eigenvalue weighted by molar-refractivity contribution is 5.69. The molecule has 0 amide bonds. The second-order valence-corrected chi connectivity index (χ2v) is 6.20. The molecule has 4 heteroatoms. The Hall–Kier alpha value is -2.75. The van der Waals surface area contributed by atoms with Crippen molar-refractivity contribution >= 4 is 12.0 Å². The molecule has 0 aliphatic heterocycles. The van der Waals surface area contributed by atoms with Crippen LogP contribution < -0.4 is 9.47 Å². The van der Waals surface area contributed by atoms with E-state index >= 15 is 0 Å². The number of unbranched alkanes of at least 4 members (excludes halogenated alkanes) is 2. The fourth-order valence-corrected chi connectivity index (χ4v) is 2.67. The van der Waals surface area contributed by atoms with E-state index in [2.05, 4.69) is 12.2 Å². The Morgan fingerprint density at radius 2 is 1.78 bits per heavy atom. The zero-order chi connectivity index (χ0) is 19.3. The molecule has 0 saturated carbocycles. The van der Waals surface area contributed by atoms with Crippen molar-refractivity contribution in [3.05, 3.63) is 65.7 Å². The number of ether oxygens (including phenoxy) is 3. The van der Waals surface area contributed by atoms with Crippen LogP contribution in [0.2, 0.25) is 0 Å². The molecule has 0 aliphatic carbocycles. The van der Waals surface area contributed by atoms with Gasteiger partial charge in [0.1, 0.15) is 11.5 Å². The lowest BCUT2D eigenvalue weighted by Gasteiger charge is -2.10.